The van der Waals surface area contributed by atoms with Crippen molar-refractivity contribution in [3.8, 4) is 0 Å². The van der Waals surface area contributed by atoms with Crippen molar-refractivity contribution in [3.05, 3.63) is 12.2 Å². The monoisotopic (exact) mass is 212 g/mol. The van der Waals surface area contributed by atoms with E-state index in [0.29, 0.717) is 12.4 Å². The molecule has 0 radical (unpaired) electrons. The van der Waals surface area contributed by atoms with Crippen LogP contribution >= 0.6 is 0 Å². The van der Waals surface area contributed by atoms with Gasteiger partial charge in [0.1, 0.15) is 0 Å². The Kier molecular flexibility index (Phi) is 3.79. The molecule has 0 aromatic carbocycles. The first-order valence-corrected chi connectivity index (χ1v) is 4.74. The lowest BCUT2D eigenvalue weighted by Gasteiger charge is -2.19. The summed E-state index contributed by atoms with van der Waals surface area (Å²) in [4.78, 5) is 15.1. The third kappa shape index (κ3) is 5.11. The van der Waals surface area contributed by atoms with Gasteiger partial charge in [0, 0.05) is 5.54 Å². The van der Waals surface area contributed by atoms with E-state index in [9.17, 15) is 4.79 Å². The molecule has 0 atom stereocenters. The fourth-order valence-corrected chi connectivity index (χ4v) is 0.856. The minimum Gasteiger partial charge on any atom is -0.348 e. The van der Waals surface area contributed by atoms with E-state index in [1.165, 1.54) is 6.39 Å². The molecule has 2 N–H and O–H groups in total. The van der Waals surface area contributed by atoms with Crippen molar-refractivity contribution in [2.45, 2.75) is 32.9 Å². The maximum absolute atomic E-state index is 11.3. The van der Waals surface area contributed by atoms with Gasteiger partial charge in [-0.05, 0) is 20.8 Å². The summed E-state index contributed by atoms with van der Waals surface area (Å²) in [5.41, 5.74) is -0.0660. The molecule has 6 heteroatoms. The van der Waals surface area contributed by atoms with Crippen molar-refractivity contribution >= 4 is 5.91 Å². The zero-order chi connectivity index (χ0) is 11.3. The van der Waals surface area contributed by atoms with Crippen LogP contribution in [0.4, 0.5) is 0 Å². The van der Waals surface area contributed by atoms with E-state index in [1.54, 1.807) is 0 Å². The second-order valence-electron chi connectivity index (χ2n) is 4.23. The minimum atomic E-state index is -0.0882. The Balaban J connectivity index is 2.20. The van der Waals surface area contributed by atoms with E-state index in [2.05, 4.69) is 25.3 Å². The highest BCUT2D eigenvalue weighted by molar-refractivity contribution is 5.77. The largest absolute Gasteiger partial charge is 0.348 e. The van der Waals surface area contributed by atoms with Gasteiger partial charge < -0.3 is 15.2 Å². The van der Waals surface area contributed by atoms with Gasteiger partial charge in [-0.15, -0.1) is 0 Å². The molecule has 0 bridgehead atoms. The molecule has 1 rings (SSSR count). The van der Waals surface area contributed by atoms with Crippen molar-refractivity contribution in [2.24, 2.45) is 0 Å². The predicted octanol–water partition coefficient (Wildman–Crippen LogP) is 0.0739. The molecule has 0 aliphatic heterocycles. The van der Waals surface area contributed by atoms with Gasteiger partial charge in [0.05, 0.1) is 13.1 Å². The average molecular weight is 212 g/mol. The predicted molar refractivity (Wildman–Crippen MR) is 53.9 cm³/mol. The van der Waals surface area contributed by atoms with Gasteiger partial charge in [0.15, 0.2) is 5.82 Å². The molecule has 84 valence electrons. The number of amides is 1. The first-order chi connectivity index (χ1) is 6.97. The molecule has 1 aromatic heterocycles. The molecule has 0 saturated carbocycles. The van der Waals surface area contributed by atoms with E-state index >= 15 is 0 Å². The fourth-order valence-electron chi connectivity index (χ4n) is 0.856. The van der Waals surface area contributed by atoms with Gasteiger partial charge >= 0.3 is 0 Å². The van der Waals surface area contributed by atoms with Crippen molar-refractivity contribution in [2.75, 3.05) is 6.54 Å². The van der Waals surface area contributed by atoms with Gasteiger partial charge in [-0.25, -0.2) is 0 Å². The number of hydrogen-bond acceptors (Lipinski definition) is 5. The Labute approximate surface area is 88.4 Å². The number of aromatic nitrogens is 2. The van der Waals surface area contributed by atoms with Crippen LogP contribution in [0, 0.1) is 0 Å². The Hall–Kier alpha value is -1.43. The summed E-state index contributed by atoms with van der Waals surface area (Å²) in [6.07, 6.45) is 1.23. The molecule has 0 unspecified atom stereocenters. The Morgan fingerprint density at radius 3 is 2.80 bits per heavy atom. The van der Waals surface area contributed by atoms with Crippen LogP contribution in [-0.4, -0.2) is 28.1 Å². The second kappa shape index (κ2) is 4.88. The van der Waals surface area contributed by atoms with E-state index in [1.807, 2.05) is 20.8 Å². The lowest BCUT2D eigenvalue weighted by molar-refractivity contribution is -0.120. The second-order valence-corrected chi connectivity index (χ2v) is 4.23. The highest BCUT2D eigenvalue weighted by atomic mass is 16.5. The van der Waals surface area contributed by atoms with E-state index < -0.39 is 0 Å². The van der Waals surface area contributed by atoms with Crippen LogP contribution in [0.2, 0.25) is 0 Å². The van der Waals surface area contributed by atoms with Gasteiger partial charge in [-0.2, -0.15) is 4.98 Å². The Bertz CT molecular complexity index is 302. The highest BCUT2D eigenvalue weighted by Crippen LogP contribution is 1.96. The summed E-state index contributed by atoms with van der Waals surface area (Å²) in [5.74, 6) is 0.383. The number of rotatable bonds is 4. The van der Waals surface area contributed by atoms with Crippen LogP contribution in [0.1, 0.15) is 26.6 Å². The standard InChI is InChI=1S/C9H16N4O2/c1-9(2,3)12-5-8(14)10-4-7-11-6-15-13-7/h6,12H,4-5H2,1-3H3,(H,10,14). The van der Waals surface area contributed by atoms with Crippen molar-refractivity contribution < 1.29 is 9.32 Å². The zero-order valence-corrected chi connectivity index (χ0v) is 9.20. The van der Waals surface area contributed by atoms with Crippen LogP contribution in [0.15, 0.2) is 10.9 Å². The maximum atomic E-state index is 11.3. The number of nitrogens with zero attached hydrogens (tertiary/aromatic N) is 2. The molecule has 15 heavy (non-hydrogen) atoms. The van der Waals surface area contributed by atoms with Crippen molar-refractivity contribution in [1.29, 1.82) is 0 Å². The summed E-state index contributed by atoms with van der Waals surface area (Å²) >= 11 is 0. The smallest absolute Gasteiger partial charge is 0.234 e. The highest BCUT2D eigenvalue weighted by Gasteiger charge is 2.11. The van der Waals surface area contributed by atoms with Crippen LogP contribution in [-0.2, 0) is 11.3 Å². The fraction of sp³-hybridized carbons (Fsp3) is 0.667. The lowest BCUT2D eigenvalue weighted by atomic mass is 10.1. The minimum absolute atomic E-state index is 0.0660. The van der Waals surface area contributed by atoms with Gasteiger partial charge in [0.25, 0.3) is 0 Å². The number of nitrogens with one attached hydrogen (secondary N) is 2. The molecule has 0 fully saturated rings. The third-order valence-corrected chi connectivity index (χ3v) is 1.63. The molecule has 0 saturated heterocycles. The summed E-state index contributed by atoms with van der Waals surface area (Å²) in [6, 6.07) is 0. The lowest BCUT2D eigenvalue weighted by Crippen LogP contribution is -2.43. The summed E-state index contributed by atoms with van der Waals surface area (Å²) in [6.45, 7) is 6.57. The first-order valence-electron chi connectivity index (χ1n) is 4.74. The zero-order valence-electron chi connectivity index (χ0n) is 9.20. The SMILES string of the molecule is CC(C)(C)NCC(=O)NCc1ncon1. The van der Waals surface area contributed by atoms with Crippen LogP contribution < -0.4 is 10.6 Å². The average Bonchev–Trinajstić information content (AvgIpc) is 2.62. The van der Waals surface area contributed by atoms with Crippen molar-refractivity contribution in [3.63, 3.8) is 0 Å². The normalized spacial score (nSPS) is 11.4. The molecule has 0 aliphatic rings. The number of carbonyl (C=O) groups excluding carboxylic acids is 1. The molecule has 0 aliphatic carbocycles. The molecular formula is C9H16N4O2. The topological polar surface area (TPSA) is 80.0 Å². The quantitative estimate of drug-likeness (QED) is 0.738. The Morgan fingerprint density at radius 1 is 1.53 bits per heavy atom. The number of hydrogen-bond donors (Lipinski definition) is 2. The van der Waals surface area contributed by atoms with Gasteiger partial charge in [0.2, 0.25) is 12.3 Å². The van der Waals surface area contributed by atoms with E-state index in [4.69, 9.17) is 0 Å². The Morgan fingerprint density at radius 2 is 2.27 bits per heavy atom. The third-order valence-electron chi connectivity index (χ3n) is 1.63. The summed E-state index contributed by atoms with van der Waals surface area (Å²) in [7, 11) is 0. The molecule has 0 spiro atoms. The van der Waals surface area contributed by atoms with Crippen LogP contribution in [0.5, 0.6) is 0 Å². The number of carbonyl (C=O) groups is 1. The van der Waals surface area contributed by atoms with Gasteiger partial charge in [-0.3, -0.25) is 4.79 Å². The molecule has 1 aromatic rings. The first kappa shape index (κ1) is 11.6. The van der Waals surface area contributed by atoms with Crippen LogP contribution in [0.3, 0.4) is 0 Å². The van der Waals surface area contributed by atoms with E-state index in [-0.39, 0.29) is 18.0 Å². The van der Waals surface area contributed by atoms with Gasteiger partial charge in [-0.1, -0.05) is 5.16 Å². The van der Waals surface area contributed by atoms with E-state index in [0.717, 1.165) is 0 Å². The summed E-state index contributed by atoms with van der Waals surface area (Å²) < 4.78 is 4.53. The molecule has 6 nitrogen and oxygen atoms in total. The molecule has 1 heterocycles. The van der Waals surface area contributed by atoms with Crippen molar-refractivity contribution in [1.82, 2.24) is 20.8 Å². The molecular weight excluding hydrogens is 196 g/mol. The maximum Gasteiger partial charge on any atom is 0.234 e. The molecule has 1 amide bonds. The van der Waals surface area contributed by atoms with Crippen LogP contribution in [0.25, 0.3) is 0 Å². The summed E-state index contributed by atoms with van der Waals surface area (Å²) in [5, 5.41) is 9.32.